The van der Waals surface area contributed by atoms with Crippen LogP contribution in [0, 0.1) is 11.3 Å². The monoisotopic (exact) mass is 277 g/mol. The molecule has 0 aliphatic carbocycles. The highest BCUT2D eigenvalue weighted by Gasteiger charge is 2.27. The van der Waals surface area contributed by atoms with Crippen molar-refractivity contribution in [2.75, 3.05) is 6.61 Å². The van der Waals surface area contributed by atoms with Crippen LogP contribution in [-0.2, 0) is 9.53 Å². The van der Waals surface area contributed by atoms with Gasteiger partial charge in [-0.25, -0.2) is 4.79 Å². The Morgan fingerprint density at radius 3 is 2.70 bits per heavy atom. The number of carbonyl (C=O) groups excluding carboxylic acids is 2. The van der Waals surface area contributed by atoms with Crippen molar-refractivity contribution in [2.45, 2.75) is 25.6 Å². The first-order valence-electron chi connectivity index (χ1n) is 6.04. The Balaban J connectivity index is 2.91. The van der Waals surface area contributed by atoms with Gasteiger partial charge in [-0.1, -0.05) is 18.2 Å². The van der Waals surface area contributed by atoms with E-state index < -0.39 is 24.0 Å². The Kier molecular flexibility index (Phi) is 5.84. The lowest BCUT2D eigenvalue weighted by atomic mass is 9.99. The normalized spacial score (nSPS) is 13.1. The zero-order valence-corrected chi connectivity index (χ0v) is 10.9. The molecule has 0 saturated carbocycles. The number of carbonyl (C=O) groups is 2. The Morgan fingerprint density at radius 1 is 1.40 bits per heavy atom. The summed E-state index contributed by atoms with van der Waals surface area (Å²) in [5, 5.41) is 28.0. The van der Waals surface area contributed by atoms with Gasteiger partial charge in [0, 0.05) is 5.56 Å². The Labute approximate surface area is 116 Å². The summed E-state index contributed by atoms with van der Waals surface area (Å²) in [5.74, 6) is -1.33. The van der Waals surface area contributed by atoms with Gasteiger partial charge in [0.2, 0.25) is 0 Å². The van der Waals surface area contributed by atoms with E-state index in [1.807, 2.05) is 0 Å². The lowest BCUT2D eigenvalue weighted by Crippen LogP contribution is -2.30. The molecule has 0 aromatic heterocycles. The summed E-state index contributed by atoms with van der Waals surface area (Å²) in [5.41, 5.74) is 0.438. The maximum absolute atomic E-state index is 11.6. The van der Waals surface area contributed by atoms with Gasteiger partial charge in [-0.15, -0.1) is 0 Å². The van der Waals surface area contributed by atoms with E-state index in [1.54, 1.807) is 13.0 Å². The number of hydrogen-bond acceptors (Lipinski definition) is 6. The van der Waals surface area contributed by atoms with Crippen molar-refractivity contribution >= 4 is 11.8 Å². The highest BCUT2D eigenvalue weighted by Crippen LogP contribution is 2.19. The molecule has 0 heterocycles. The fraction of sp³-hybridized carbons (Fsp3) is 0.357. The molecule has 6 nitrogen and oxygen atoms in total. The smallest absolute Gasteiger partial charge is 0.338 e. The van der Waals surface area contributed by atoms with Crippen LogP contribution in [0.2, 0.25) is 0 Å². The SMILES string of the molecule is CCOC(=O)C(O)C(O)c1cccc(C(=O)CC#N)c1. The third-order valence-electron chi connectivity index (χ3n) is 2.62. The van der Waals surface area contributed by atoms with Crippen LogP contribution in [-0.4, -0.2) is 34.7 Å². The van der Waals surface area contributed by atoms with Crippen LogP contribution >= 0.6 is 0 Å². The molecule has 1 aromatic carbocycles. The number of ketones is 1. The van der Waals surface area contributed by atoms with Gasteiger partial charge in [-0.05, 0) is 18.6 Å². The first kappa shape index (κ1) is 15.8. The molecule has 0 aliphatic heterocycles. The van der Waals surface area contributed by atoms with Crippen LogP contribution in [0.5, 0.6) is 0 Å². The van der Waals surface area contributed by atoms with E-state index in [1.165, 1.54) is 24.3 Å². The highest BCUT2D eigenvalue weighted by atomic mass is 16.5. The summed E-state index contributed by atoms with van der Waals surface area (Å²) in [6.45, 7) is 1.67. The van der Waals surface area contributed by atoms with Gasteiger partial charge in [0.05, 0.1) is 19.1 Å². The Hall–Kier alpha value is -2.23. The molecule has 1 rings (SSSR count). The molecule has 0 fully saturated rings. The number of ether oxygens (including phenoxy) is 1. The number of benzene rings is 1. The standard InChI is InChI=1S/C14H15NO5/c1-2-20-14(19)13(18)12(17)10-5-3-4-9(8-10)11(16)6-7-15/h3-5,8,12-13,17-18H,2,6H2,1H3. The average Bonchev–Trinajstić information content (AvgIpc) is 2.46. The second-order valence-corrected chi connectivity index (χ2v) is 4.03. The topological polar surface area (TPSA) is 108 Å². The Bertz CT molecular complexity index is 535. The van der Waals surface area contributed by atoms with Crippen molar-refractivity contribution in [3.8, 4) is 6.07 Å². The number of aliphatic hydroxyl groups excluding tert-OH is 2. The first-order valence-corrected chi connectivity index (χ1v) is 6.04. The zero-order valence-electron chi connectivity index (χ0n) is 10.9. The van der Waals surface area contributed by atoms with Crippen molar-refractivity contribution in [2.24, 2.45) is 0 Å². The quantitative estimate of drug-likeness (QED) is 0.586. The van der Waals surface area contributed by atoms with Gasteiger partial charge in [-0.2, -0.15) is 5.26 Å². The van der Waals surface area contributed by atoms with Crippen LogP contribution in [0.3, 0.4) is 0 Å². The second kappa shape index (κ2) is 7.38. The lowest BCUT2D eigenvalue weighted by Gasteiger charge is -2.17. The number of nitriles is 1. The van der Waals surface area contributed by atoms with Gasteiger partial charge in [0.25, 0.3) is 0 Å². The predicted molar refractivity (Wildman–Crippen MR) is 68.6 cm³/mol. The van der Waals surface area contributed by atoms with E-state index in [9.17, 15) is 19.8 Å². The highest BCUT2D eigenvalue weighted by molar-refractivity contribution is 5.97. The molecule has 0 saturated heterocycles. The van der Waals surface area contributed by atoms with Gasteiger partial charge in [0.15, 0.2) is 11.9 Å². The minimum atomic E-state index is -1.73. The number of esters is 1. The average molecular weight is 277 g/mol. The number of aliphatic hydroxyl groups is 2. The molecule has 0 spiro atoms. The largest absolute Gasteiger partial charge is 0.464 e. The van der Waals surface area contributed by atoms with Crippen LogP contribution in [0.1, 0.15) is 35.4 Å². The molecule has 6 heteroatoms. The van der Waals surface area contributed by atoms with Gasteiger partial charge >= 0.3 is 5.97 Å². The third kappa shape index (κ3) is 3.88. The first-order chi connectivity index (χ1) is 9.51. The number of Topliss-reactive ketones (excluding diaryl/α,β-unsaturated/α-hetero) is 1. The van der Waals surface area contributed by atoms with E-state index in [0.717, 1.165) is 0 Å². The summed E-state index contributed by atoms with van der Waals surface area (Å²) < 4.78 is 4.60. The molecule has 2 atom stereocenters. The Morgan fingerprint density at radius 2 is 2.10 bits per heavy atom. The molecule has 0 bridgehead atoms. The van der Waals surface area contributed by atoms with E-state index in [-0.39, 0.29) is 24.2 Å². The van der Waals surface area contributed by atoms with E-state index in [2.05, 4.69) is 4.74 Å². The van der Waals surface area contributed by atoms with E-state index >= 15 is 0 Å². The maximum atomic E-state index is 11.6. The fourth-order valence-corrected chi connectivity index (χ4v) is 1.61. The van der Waals surface area contributed by atoms with Gasteiger partial charge in [0.1, 0.15) is 6.10 Å². The molecule has 0 amide bonds. The summed E-state index contributed by atoms with van der Waals surface area (Å²) >= 11 is 0. The fourth-order valence-electron chi connectivity index (χ4n) is 1.61. The molecular formula is C14H15NO5. The van der Waals surface area contributed by atoms with Crippen LogP contribution in [0.15, 0.2) is 24.3 Å². The van der Waals surface area contributed by atoms with Crippen LogP contribution < -0.4 is 0 Å². The summed E-state index contributed by atoms with van der Waals surface area (Å²) in [6.07, 6.45) is -3.50. The molecule has 1 aromatic rings. The van der Waals surface area contributed by atoms with Crippen LogP contribution in [0.25, 0.3) is 0 Å². The lowest BCUT2D eigenvalue weighted by molar-refractivity contribution is -0.159. The molecule has 2 unspecified atom stereocenters. The van der Waals surface area contributed by atoms with Crippen molar-refractivity contribution in [3.05, 3.63) is 35.4 Å². The number of rotatable bonds is 6. The number of nitrogens with zero attached hydrogens (tertiary/aromatic N) is 1. The third-order valence-corrected chi connectivity index (χ3v) is 2.62. The van der Waals surface area contributed by atoms with Gasteiger partial charge < -0.3 is 14.9 Å². The molecule has 106 valence electrons. The maximum Gasteiger partial charge on any atom is 0.338 e. The zero-order chi connectivity index (χ0) is 15.1. The predicted octanol–water partition coefficient (Wildman–Crippen LogP) is 0.740. The molecule has 0 aliphatic rings. The minimum absolute atomic E-state index is 0.0866. The van der Waals surface area contributed by atoms with Gasteiger partial charge in [-0.3, -0.25) is 4.79 Å². The van der Waals surface area contributed by atoms with Crippen molar-refractivity contribution in [1.29, 1.82) is 5.26 Å². The molecule has 20 heavy (non-hydrogen) atoms. The van der Waals surface area contributed by atoms with Crippen LogP contribution in [0.4, 0.5) is 0 Å². The van der Waals surface area contributed by atoms with Crippen molar-refractivity contribution in [1.82, 2.24) is 0 Å². The molecule has 0 radical (unpaired) electrons. The van der Waals surface area contributed by atoms with E-state index in [4.69, 9.17) is 5.26 Å². The summed E-state index contributed by atoms with van der Waals surface area (Å²) in [6, 6.07) is 7.54. The summed E-state index contributed by atoms with van der Waals surface area (Å²) in [4.78, 5) is 22.9. The second-order valence-electron chi connectivity index (χ2n) is 4.03. The molecular weight excluding hydrogens is 262 g/mol. The van der Waals surface area contributed by atoms with E-state index in [0.29, 0.717) is 0 Å². The molecule has 2 N–H and O–H groups in total. The van der Waals surface area contributed by atoms with Crippen molar-refractivity contribution < 1.29 is 24.5 Å². The minimum Gasteiger partial charge on any atom is -0.464 e. The summed E-state index contributed by atoms with van der Waals surface area (Å²) in [7, 11) is 0. The van der Waals surface area contributed by atoms with Crippen molar-refractivity contribution in [3.63, 3.8) is 0 Å². The number of hydrogen-bond donors (Lipinski definition) is 2.